The van der Waals surface area contributed by atoms with E-state index in [2.05, 4.69) is 55.7 Å². The van der Waals surface area contributed by atoms with Gasteiger partial charge in [-0.25, -0.2) is 0 Å². The van der Waals surface area contributed by atoms with Gasteiger partial charge >= 0.3 is 0 Å². The topological polar surface area (TPSA) is 105 Å². The maximum Gasteiger partial charge on any atom is 0.256 e. The number of nitrogens with zero attached hydrogens (tertiary/aromatic N) is 3. The number of aromatic nitrogens is 2. The highest BCUT2D eigenvalue weighted by atomic mass is 79.9. The summed E-state index contributed by atoms with van der Waals surface area (Å²) in [4.78, 5) is 38.4. The first-order valence-corrected chi connectivity index (χ1v) is 13.7. The molecular weight excluding hydrogens is 534 g/mol. The molecule has 2 aliphatic rings. The zero-order valence-electron chi connectivity index (χ0n) is 21.5. The van der Waals surface area contributed by atoms with E-state index in [0.717, 1.165) is 39.6 Å². The minimum absolute atomic E-state index is 0.00875. The molecule has 2 aliphatic heterocycles. The Kier molecular flexibility index (Phi) is 7.39. The van der Waals surface area contributed by atoms with Crippen LogP contribution in [0.25, 0.3) is 10.9 Å². The molecule has 1 aromatic carbocycles. The third-order valence-electron chi connectivity index (χ3n) is 7.21. The Hall–Kier alpha value is -3.11. The minimum atomic E-state index is -0.0195. The molecule has 0 spiro atoms. The number of rotatable bonds is 5. The van der Waals surface area contributed by atoms with Crippen LogP contribution in [0.3, 0.4) is 0 Å². The van der Waals surface area contributed by atoms with Gasteiger partial charge < -0.3 is 30.7 Å². The lowest BCUT2D eigenvalue weighted by molar-refractivity contribution is 0.0672. The van der Waals surface area contributed by atoms with Crippen LogP contribution in [0.15, 0.2) is 41.3 Å². The Bertz CT molecular complexity index is 1300. The number of fused-ring (bicyclic) bond motifs is 1. The Morgan fingerprint density at radius 1 is 1.05 bits per heavy atom. The smallest absolute Gasteiger partial charge is 0.256 e. The zero-order chi connectivity index (χ0) is 26.1. The molecule has 4 heterocycles. The Morgan fingerprint density at radius 3 is 2.57 bits per heavy atom. The zero-order valence-corrected chi connectivity index (χ0v) is 23.1. The Labute approximate surface area is 225 Å². The van der Waals surface area contributed by atoms with Gasteiger partial charge in [0.1, 0.15) is 0 Å². The summed E-state index contributed by atoms with van der Waals surface area (Å²) in [5, 5.41) is 11.3. The first kappa shape index (κ1) is 25.5. The van der Waals surface area contributed by atoms with Gasteiger partial charge in [-0.3, -0.25) is 14.6 Å². The number of halogens is 1. The molecule has 0 saturated carbocycles. The van der Waals surface area contributed by atoms with Gasteiger partial charge in [-0.2, -0.15) is 0 Å². The number of hydrogen-bond donors (Lipinski definition) is 4. The monoisotopic (exact) mass is 567 g/mol. The molecule has 5 rings (SSSR count). The standard InChI is InChI=1S/C27H34BrN7O2/c1-16-13-35(14-17(2)32-16)26(36)21-9-18(28)10-23(29-3)25(21)33-19-5-4-8-34(15-19)27(37)22-11-30-12-24-20(22)6-7-31-24/h6-7,9-12,16-17,19,29,31-33H,4-5,8,13-15H2,1-3H3/t16-,17+,19-/m1/s1. The molecular formula is C27H34BrN7O2. The molecule has 0 aliphatic carbocycles. The summed E-state index contributed by atoms with van der Waals surface area (Å²) in [6, 6.07) is 6.27. The summed E-state index contributed by atoms with van der Waals surface area (Å²) in [5.41, 5.74) is 3.72. The number of carbonyl (C=O) groups is 2. The fourth-order valence-electron chi connectivity index (χ4n) is 5.60. The summed E-state index contributed by atoms with van der Waals surface area (Å²) in [7, 11) is 1.86. The Balaban J connectivity index is 1.39. The van der Waals surface area contributed by atoms with Crippen molar-refractivity contribution in [3.8, 4) is 0 Å². The van der Waals surface area contributed by atoms with Gasteiger partial charge in [0.05, 0.1) is 34.2 Å². The molecule has 2 saturated heterocycles. The maximum absolute atomic E-state index is 13.8. The molecule has 37 heavy (non-hydrogen) atoms. The number of carbonyl (C=O) groups excluding carboxylic acids is 2. The number of piperidine rings is 1. The lowest BCUT2D eigenvalue weighted by Crippen LogP contribution is -2.56. The van der Waals surface area contributed by atoms with E-state index in [1.165, 1.54) is 0 Å². The van der Waals surface area contributed by atoms with Crippen molar-refractivity contribution in [2.24, 2.45) is 0 Å². The van der Waals surface area contributed by atoms with Gasteiger partial charge in [-0.05, 0) is 44.9 Å². The highest BCUT2D eigenvalue weighted by Crippen LogP contribution is 2.33. The van der Waals surface area contributed by atoms with E-state index in [4.69, 9.17) is 0 Å². The normalized spacial score (nSPS) is 22.2. The van der Waals surface area contributed by atoms with E-state index in [9.17, 15) is 9.59 Å². The molecule has 2 fully saturated rings. The third kappa shape index (κ3) is 5.31. The Morgan fingerprint density at radius 2 is 1.81 bits per heavy atom. The van der Waals surface area contributed by atoms with Crippen LogP contribution in [0.2, 0.25) is 0 Å². The quantitative estimate of drug-likeness (QED) is 0.372. The van der Waals surface area contributed by atoms with Gasteiger partial charge in [0.25, 0.3) is 11.8 Å². The molecule has 10 heteroatoms. The number of piperazine rings is 1. The number of H-pyrrole nitrogens is 1. The van der Waals surface area contributed by atoms with Crippen LogP contribution in [0.1, 0.15) is 47.4 Å². The number of amides is 2. The lowest BCUT2D eigenvalue weighted by atomic mass is 10.0. The number of aromatic amines is 1. The van der Waals surface area contributed by atoms with Crippen LogP contribution in [0, 0.1) is 0 Å². The summed E-state index contributed by atoms with van der Waals surface area (Å²) in [5.74, 6) is -0.0108. The molecule has 2 amide bonds. The van der Waals surface area contributed by atoms with Crippen LogP contribution in [-0.2, 0) is 0 Å². The molecule has 3 atom stereocenters. The van der Waals surface area contributed by atoms with Crippen molar-refractivity contribution in [3.05, 3.63) is 52.4 Å². The van der Waals surface area contributed by atoms with E-state index in [1.54, 1.807) is 12.4 Å². The van der Waals surface area contributed by atoms with Crippen LogP contribution in [0.5, 0.6) is 0 Å². The molecule has 3 aromatic rings. The lowest BCUT2D eigenvalue weighted by Gasteiger charge is -2.37. The number of likely N-dealkylation sites (tertiary alicyclic amines) is 1. The van der Waals surface area contributed by atoms with E-state index in [-0.39, 0.29) is 29.9 Å². The van der Waals surface area contributed by atoms with Crippen molar-refractivity contribution in [2.45, 2.75) is 44.8 Å². The number of pyridine rings is 1. The van der Waals surface area contributed by atoms with Crippen molar-refractivity contribution in [2.75, 3.05) is 43.9 Å². The highest BCUT2D eigenvalue weighted by molar-refractivity contribution is 9.10. The van der Waals surface area contributed by atoms with Crippen molar-refractivity contribution in [1.82, 2.24) is 25.1 Å². The summed E-state index contributed by atoms with van der Waals surface area (Å²) in [6.07, 6.45) is 6.99. The fourth-order valence-corrected chi connectivity index (χ4v) is 6.05. The van der Waals surface area contributed by atoms with Crippen LogP contribution >= 0.6 is 15.9 Å². The number of benzene rings is 1. The predicted octanol–water partition coefficient (Wildman–Crippen LogP) is 3.91. The molecule has 9 nitrogen and oxygen atoms in total. The SMILES string of the molecule is CNc1cc(Br)cc(C(=O)N2C[C@@H](C)N[C@@H](C)C2)c1N[C@@H]1CCCN(C(=O)c2cncc3[nH]ccc23)C1. The van der Waals surface area contributed by atoms with Gasteiger partial charge in [0, 0.05) is 73.6 Å². The fraction of sp³-hybridized carbons (Fsp3) is 0.444. The van der Waals surface area contributed by atoms with Crippen molar-refractivity contribution >= 4 is 50.0 Å². The third-order valence-corrected chi connectivity index (χ3v) is 7.67. The molecule has 4 N–H and O–H groups in total. The molecule has 2 aromatic heterocycles. The average Bonchev–Trinajstić information content (AvgIpc) is 3.37. The molecule has 0 bridgehead atoms. The highest BCUT2D eigenvalue weighted by Gasteiger charge is 2.31. The second-order valence-electron chi connectivity index (χ2n) is 10.2. The van der Waals surface area contributed by atoms with E-state index in [0.29, 0.717) is 37.3 Å². The second kappa shape index (κ2) is 10.7. The van der Waals surface area contributed by atoms with E-state index < -0.39 is 0 Å². The van der Waals surface area contributed by atoms with Crippen molar-refractivity contribution < 1.29 is 9.59 Å². The van der Waals surface area contributed by atoms with Gasteiger partial charge in [0.2, 0.25) is 0 Å². The number of hydrogen-bond acceptors (Lipinski definition) is 6. The largest absolute Gasteiger partial charge is 0.386 e. The summed E-state index contributed by atoms with van der Waals surface area (Å²) >= 11 is 3.59. The van der Waals surface area contributed by atoms with Gasteiger partial charge in [0.15, 0.2) is 0 Å². The number of anilines is 2. The average molecular weight is 569 g/mol. The van der Waals surface area contributed by atoms with Crippen molar-refractivity contribution in [1.29, 1.82) is 0 Å². The minimum Gasteiger partial charge on any atom is -0.386 e. The maximum atomic E-state index is 13.8. The predicted molar refractivity (Wildman–Crippen MR) is 150 cm³/mol. The van der Waals surface area contributed by atoms with E-state index in [1.807, 2.05) is 41.2 Å². The van der Waals surface area contributed by atoms with Crippen LogP contribution in [0.4, 0.5) is 11.4 Å². The van der Waals surface area contributed by atoms with Gasteiger partial charge in [-0.15, -0.1) is 0 Å². The summed E-state index contributed by atoms with van der Waals surface area (Å²) in [6.45, 7) is 6.77. The molecule has 0 unspecified atom stereocenters. The number of nitrogens with one attached hydrogen (secondary N) is 4. The van der Waals surface area contributed by atoms with Crippen LogP contribution < -0.4 is 16.0 Å². The first-order valence-electron chi connectivity index (χ1n) is 12.9. The van der Waals surface area contributed by atoms with Crippen molar-refractivity contribution in [3.63, 3.8) is 0 Å². The van der Waals surface area contributed by atoms with Crippen LogP contribution in [-0.4, -0.2) is 82.9 Å². The summed E-state index contributed by atoms with van der Waals surface area (Å²) < 4.78 is 0.842. The molecule has 0 radical (unpaired) electrons. The first-order chi connectivity index (χ1) is 17.8. The molecule has 196 valence electrons. The van der Waals surface area contributed by atoms with E-state index >= 15 is 0 Å². The van der Waals surface area contributed by atoms with Gasteiger partial charge in [-0.1, -0.05) is 15.9 Å². The second-order valence-corrected chi connectivity index (χ2v) is 11.1.